The second kappa shape index (κ2) is 5.10. The van der Waals surface area contributed by atoms with Gasteiger partial charge in [-0.05, 0) is 30.3 Å². The molecule has 0 aliphatic carbocycles. The van der Waals surface area contributed by atoms with Crippen molar-refractivity contribution < 1.29 is 14.3 Å². The highest BCUT2D eigenvalue weighted by atomic mass is 32.1. The van der Waals surface area contributed by atoms with Crippen LogP contribution in [0.4, 0.5) is 0 Å². The van der Waals surface area contributed by atoms with Gasteiger partial charge in [-0.2, -0.15) is 0 Å². The van der Waals surface area contributed by atoms with E-state index in [0.29, 0.717) is 16.0 Å². The number of methoxy groups -OCH3 is 1. The Hall–Kier alpha value is -2.86. The Morgan fingerprint density at radius 3 is 2.83 bits per heavy atom. The van der Waals surface area contributed by atoms with E-state index >= 15 is 0 Å². The summed E-state index contributed by atoms with van der Waals surface area (Å²) >= 11 is 1.43. The van der Waals surface area contributed by atoms with Gasteiger partial charge in [0, 0.05) is 5.39 Å². The van der Waals surface area contributed by atoms with Gasteiger partial charge in [0.1, 0.15) is 5.01 Å². The van der Waals surface area contributed by atoms with Crippen molar-refractivity contribution in [2.24, 2.45) is 0 Å². The second-order valence-corrected chi connectivity index (χ2v) is 6.00. The Kier molecular flexibility index (Phi) is 3.06. The lowest BCUT2D eigenvalue weighted by molar-refractivity contribution is 0.369. The molecule has 2 heterocycles. The summed E-state index contributed by atoms with van der Waals surface area (Å²) < 4.78 is 11.5. The van der Waals surface area contributed by atoms with Crippen LogP contribution in [-0.2, 0) is 0 Å². The number of ether oxygens (including phenoxy) is 1. The zero-order valence-corrected chi connectivity index (χ0v) is 12.9. The molecular formula is C17H11NO4S. The largest absolute Gasteiger partial charge is 0.504 e. The third-order valence-corrected chi connectivity index (χ3v) is 4.63. The maximum Gasteiger partial charge on any atom is 0.346 e. The highest BCUT2D eigenvalue weighted by molar-refractivity contribution is 7.21. The van der Waals surface area contributed by atoms with Crippen LogP contribution in [0, 0.1) is 0 Å². The van der Waals surface area contributed by atoms with Crippen LogP contribution in [0.5, 0.6) is 11.5 Å². The van der Waals surface area contributed by atoms with Gasteiger partial charge in [0.05, 0.1) is 22.9 Å². The first-order chi connectivity index (χ1) is 11.2. The number of thiazole rings is 1. The number of phenols is 1. The lowest BCUT2D eigenvalue weighted by atomic mass is 10.1. The van der Waals surface area contributed by atoms with E-state index in [4.69, 9.17) is 9.15 Å². The maximum atomic E-state index is 12.4. The van der Waals surface area contributed by atoms with Crippen molar-refractivity contribution in [2.75, 3.05) is 7.11 Å². The van der Waals surface area contributed by atoms with E-state index < -0.39 is 5.63 Å². The average molecular weight is 325 g/mol. The summed E-state index contributed by atoms with van der Waals surface area (Å²) in [6.07, 6.45) is 0. The molecule has 0 saturated heterocycles. The van der Waals surface area contributed by atoms with E-state index in [1.54, 1.807) is 12.1 Å². The molecule has 5 nitrogen and oxygen atoms in total. The molecule has 0 radical (unpaired) electrons. The van der Waals surface area contributed by atoms with Crippen molar-refractivity contribution in [2.45, 2.75) is 0 Å². The number of fused-ring (bicyclic) bond motifs is 2. The molecule has 2 aromatic carbocycles. The van der Waals surface area contributed by atoms with E-state index in [2.05, 4.69) is 4.98 Å². The highest BCUT2D eigenvalue weighted by Crippen LogP contribution is 2.36. The molecule has 0 bridgehead atoms. The molecule has 0 spiro atoms. The number of benzene rings is 2. The summed E-state index contributed by atoms with van der Waals surface area (Å²) in [7, 11) is 1.41. The van der Waals surface area contributed by atoms with Gasteiger partial charge in [0.25, 0.3) is 0 Å². The monoisotopic (exact) mass is 325 g/mol. The summed E-state index contributed by atoms with van der Waals surface area (Å²) in [4.78, 5) is 16.8. The second-order valence-electron chi connectivity index (χ2n) is 4.97. The van der Waals surface area contributed by atoms with Crippen molar-refractivity contribution in [1.29, 1.82) is 0 Å². The third-order valence-electron chi connectivity index (χ3n) is 3.56. The van der Waals surface area contributed by atoms with Gasteiger partial charge >= 0.3 is 5.63 Å². The number of hydrogen-bond acceptors (Lipinski definition) is 6. The zero-order chi connectivity index (χ0) is 16.0. The van der Waals surface area contributed by atoms with Crippen LogP contribution < -0.4 is 10.4 Å². The Bertz CT molecular complexity index is 1060. The number of rotatable bonds is 2. The minimum atomic E-state index is -0.513. The standard InChI is InChI=1S/C17H11NO4S/c1-21-15-12(19)7-6-9-8-10(17(20)22-14(9)15)16-18-11-4-2-3-5-13(11)23-16/h2-8,19H,1H3. The minimum absolute atomic E-state index is 0.0733. The van der Waals surface area contributed by atoms with E-state index in [-0.39, 0.29) is 17.1 Å². The number of hydrogen-bond donors (Lipinski definition) is 1. The van der Waals surface area contributed by atoms with Gasteiger partial charge in [-0.3, -0.25) is 0 Å². The van der Waals surface area contributed by atoms with E-state index in [9.17, 15) is 9.90 Å². The number of aromatic hydroxyl groups is 1. The highest BCUT2D eigenvalue weighted by Gasteiger charge is 2.16. The number of aromatic nitrogens is 1. The van der Waals surface area contributed by atoms with Crippen molar-refractivity contribution >= 4 is 32.5 Å². The molecule has 0 saturated carbocycles. The topological polar surface area (TPSA) is 72.6 Å². The molecule has 0 amide bonds. The lowest BCUT2D eigenvalue weighted by Gasteiger charge is -2.06. The Labute approximate surface area is 134 Å². The van der Waals surface area contributed by atoms with Crippen LogP contribution in [-0.4, -0.2) is 17.2 Å². The molecule has 6 heteroatoms. The van der Waals surface area contributed by atoms with Crippen molar-refractivity contribution in [3.8, 4) is 22.1 Å². The minimum Gasteiger partial charge on any atom is -0.504 e. The first kappa shape index (κ1) is 13.8. The molecular weight excluding hydrogens is 314 g/mol. The van der Waals surface area contributed by atoms with Crippen LogP contribution in [0.1, 0.15) is 0 Å². The van der Waals surface area contributed by atoms with E-state index in [1.807, 2.05) is 24.3 Å². The molecule has 0 fully saturated rings. The van der Waals surface area contributed by atoms with Gasteiger partial charge in [0.2, 0.25) is 5.75 Å². The molecule has 2 aromatic heterocycles. The van der Waals surface area contributed by atoms with Crippen LogP contribution in [0.25, 0.3) is 31.8 Å². The molecule has 0 aliphatic heterocycles. The molecule has 1 N–H and O–H groups in total. The SMILES string of the molecule is COc1c(O)ccc2cc(-c3nc4ccccc4s3)c(=O)oc12. The summed E-state index contributed by atoms with van der Waals surface area (Å²) in [5.41, 5.74) is 0.949. The summed E-state index contributed by atoms with van der Waals surface area (Å²) in [5, 5.41) is 11.0. The summed E-state index contributed by atoms with van der Waals surface area (Å²) in [5.74, 6) is 0.0753. The molecule has 0 aliphatic rings. The van der Waals surface area contributed by atoms with Crippen LogP contribution in [0.3, 0.4) is 0 Å². The number of nitrogens with zero attached hydrogens (tertiary/aromatic N) is 1. The van der Waals surface area contributed by atoms with Crippen molar-refractivity contribution in [3.05, 3.63) is 52.9 Å². The first-order valence-electron chi connectivity index (χ1n) is 6.87. The van der Waals surface area contributed by atoms with Crippen LogP contribution >= 0.6 is 11.3 Å². The molecule has 23 heavy (non-hydrogen) atoms. The first-order valence-corrected chi connectivity index (χ1v) is 7.69. The van der Waals surface area contributed by atoms with Gasteiger partial charge < -0.3 is 14.3 Å². The normalized spacial score (nSPS) is 11.2. The summed E-state index contributed by atoms with van der Waals surface area (Å²) in [6.45, 7) is 0. The summed E-state index contributed by atoms with van der Waals surface area (Å²) in [6, 6.07) is 12.6. The van der Waals surface area contributed by atoms with Gasteiger partial charge in [-0.15, -0.1) is 11.3 Å². The molecule has 0 unspecified atom stereocenters. The quantitative estimate of drug-likeness (QED) is 0.568. The maximum absolute atomic E-state index is 12.4. The molecule has 4 aromatic rings. The van der Waals surface area contributed by atoms with Crippen molar-refractivity contribution in [1.82, 2.24) is 4.98 Å². The third kappa shape index (κ3) is 2.15. The molecule has 4 rings (SSSR count). The van der Waals surface area contributed by atoms with Crippen LogP contribution in [0.15, 0.2) is 51.7 Å². The fourth-order valence-electron chi connectivity index (χ4n) is 2.48. The fraction of sp³-hybridized carbons (Fsp3) is 0.0588. The molecule has 0 atom stereocenters. The average Bonchev–Trinajstić information content (AvgIpc) is 2.98. The van der Waals surface area contributed by atoms with Gasteiger partial charge in [0.15, 0.2) is 11.3 Å². The predicted molar refractivity (Wildman–Crippen MR) is 89.3 cm³/mol. The Balaban J connectivity index is 1.99. The fourth-order valence-corrected chi connectivity index (χ4v) is 3.45. The lowest BCUT2D eigenvalue weighted by Crippen LogP contribution is -2.03. The number of para-hydroxylation sites is 1. The number of phenolic OH excluding ortho intramolecular Hbond substituents is 1. The van der Waals surface area contributed by atoms with Gasteiger partial charge in [-0.25, -0.2) is 9.78 Å². The van der Waals surface area contributed by atoms with Crippen LogP contribution in [0.2, 0.25) is 0 Å². The van der Waals surface area contributed by atoms with E-state index in [0.717, 1.165) is 10.2 Å². The zero-order valence-electron chi connectivity index (χ0n) is 12.1. The Morgan fingerprint density at radius 2 is 2.04 bits per heavy atom. The Morgan fingerprint density at radius 1 is 1.22 bits per heavy atom. The predicted octanol–water partition coefficient (Wildman–Crippen LogP) is 3.78. The van der Waals surface area contributed by atoms with Crippen molar-refractivity contribution in [3.63, 3.8) is 0 Å². The van der Waals surface area contributed by atoms with E-state index in [1.165, 1.54) is 24.5 Å². The molecule has 114 valence electrons. The smallest absolute Gasteiger partial charge is 0.346 e. The van der Waals surface area contributed by atoms with Gasteiger partial charge in [-0.1, -0.05) is 12.1 Å².